The van der Waals surface area contributed by atoms with Crippen LogP contribution in [-0.4, -0.2) is 59.0 Å². The first kappa shape index (κ1) is 24.1. The Hall–Kier alpha value is -2.50. The first-order chi connectivity index (χ1) is 15.3. The summed E-state index contributed by atoms with van der Waals surface area (Å²) in [6.45, 7) is 5.90. The van der Waals surface area contributed by atoms with E-state index >= 15 is 0 Å². The van der Waals surface area contributed by atoms with Gasteiger partial charge in [-0.05, 0) is 34.9 Å². The fourth-order valence-corrected chi connectivity index (χ4v) is 3.57. The second-order valence-electron chi connectivity index (χ2n) is 7.41. The van der Waals surface area contributed by atoms with Crippen LogP contribution in [0.25, 0.3) is 5.82 Å². The molecular formula is C23H30IN7O. The Morgan fingerprint density at radius 3 is 2.56 bits per heavy atom. The maximum absolute atomic E-state index is 5.47. The largest absolute Gasteiger partial charge is 0.379 e. The Morgan fingerprint density at radius 2 is 1.81 bits per heavy atom. The number of guanidine groups is 1. The van der Waals surface area contributed by atoms with Crippen molar-refractivity contribution in [1.82, 2.24) is 30.3 Å². The monoisotopic (exact) mass is 547 g/mol. The maximum atomic E-state index is 5.47. The van der Waals surface area contributed by atoms with E-state index in [2.05, 4.69) is 54.9 Å². The zero-order valence-corrected chi connectivity index (χ0v) is 20.6. The summed E-state index contributed by atoms with van der Waals surface area (Å²) in [4.78, 5) is 11.2. The highest BCUT2D eigenvalue weighted by Crippen LogP contribution is 2.13. The van der Waals surface area contributed by atoms with Crippen LogP contribution in [0.5, 0.6) is 0 Å². The summed E-state index contributed by atoms with van der Waals surface area (Å²) in [5, 5.41) is 11.1. The van der Waals surface area contributed by atoms with Gasteiger partial charge in [-0.25, -0.2) is 9.67 Å². The van der Waals surface area contributed by atoms with Crippen LogP contribution in [0.15, 0.2) is 66.0 Å². The SMILES string of the molecule is CN=C(NCc1ccnc(-n2cccn2)c1)NCc1ccccc1CN1CCOCC1.I. The molecule has 8 nitrogen and oxygen atoms in total. The fraction of sp³-hybridized carbons (Fsp3) is 0.348. The summed E-state index contributed by atoms with van der Waals surface area (Å²) in [5.74, 6) is 1.56. The normalized spacial score (nSPS) is 14.6. The number of rotatable bonds is 7. The molecule has 0 saturated carbocycles. The molecule has 32 heavy (non-hydrogen) atoms. The minimum atomic E-state index is 0. The number of pyridine rings is 1. The lowest BCUT2D eigenvalue weighted by Gasteiger charge is -2.27. The molecule has 0 amide bonds. The van der Waals surface area contributed by atoms with Crippen LogP contribution in [0, 0.1) is 0 Å². The average Bonchev–Trinajstić information content (AvgIpc) is 3.36. The van der Waals surface area contributed by atoms with Crippen molar-refractivity contribution in [3.8, 4) is 5.82 Å². The molecule has 0 bridgehead atoms. The molecule has 3 heterocycles. The Morgan fingerprint density at radius 1 is 1.03 bits per heavy atom. The fourth-order valence-electron chi connectivity index (χ4n) is 3.57. The molecule has 0 atom stereocenters. The molecule has 1 aliphatic rings. The van der Waals surface area contributed by atoms with Crippen LogP contribution in [0.1, 0.15) is 16.7 Å². The van der Waals surface area contributed by atoms with Gasteiger partial charge in [-0.15, -0.1) is 24.0 Å². The topological polar surface area (TPSA) is 79.6 Å². The van der Waals surface area contributed by atoms with Crippen molar-refractivity contribution < 1.29 is 4.74 Å². The molecule has 1 saturated heterocycles. The van der Waals surface area contributed by atoms with Crippen molar-refractivity contribution in [3.05, 3.63) is 77.7 Å². The lowest BCUT2D eigenvalue weighted by atomic mass is 10.1. The zero-order valence-electron chi connectivity index (χ0n) is 18.3. The van der Waals surface area contributed by atoms with Gasteiger partial charge in [-0.2, -0.15) is 5.10 Å². The smallest absolute Gasteiger partial charge is 0.191 e. The minimum Gasteiger partial charge on any atom is -0.379 e. The van der Waals surface area contributed by atoms with Crippen LogP contribution >= 0.6 is 24.0 Å². The van der Waals surface area contributed by atoms with E-state index in [1.54, 1.807) is 24.1 Å². The average molecular weight is 547 g/mol. The standard InChI is InChI=1S/C23H29N7O.HI/c1-24-23(26-16-19-7-9-25-22(15-19)30-10-4-8-28-30)27-17-20-5-2-3-6-21(20)18-29-11-13-31-14-12-29;/h2-10,15H,11-14,16-18H2,1H3,(H2,24,26,27);1H. The number of ether oxygens (including phenoxy) is 1. The molecule has 4 rings (SSSR count). The lowest BCUT2D eigenvalue weighted by molar-refractivity contribution is 0.0341. The quantitative estimate of drug-likeness (QED) is 0.269. The van der Waals surface area contributed by atoms with Gasteiger partial charge in [0.25, 0.3) is 0 Å². The van der Waals surface area contributed by atoms with E-state index in [0.717, 1.165) is 56.7 Å². The number of morpholine rings is 1. The van der Waals surface area contributed by atoms with Gasteiger partial charge in [0.1, 0.15) is 0 Å². The Bertz CT molecular complexity index is 988. The number of aliphatic imine (C=N–C) groups is 1. The number of hydrogen-bond donors (Lipinski definition) is 2. The van der Waals surface area contributed by atoms with Crippen LogP contribution < -0.4 is 10.6 Å². The molecule has 170 valence electrons. The van der Waals surface area contributed by atoms with Gasteiger partial charge in [-0.3, -0.25) is 9.89 Å². The van der Waals surface area contributed by atoms with E-state index in [1.165, 1.54) is 11.1 Å². The summed E-state index contributed by atoms with van der Waals surface area (Å²) in [7, 11) is 1.79. The van der Waals surface area contributed by atoms with Crippen molar-refractivity contribution >= 4 is 29.9 Å². The molecule has 1 aromatic carbocycles. The van der Waals surface area contributed by atoms with Crippen molar-refractivity contribution in [1.29, 1.82) is 0 Å². The summed E-state index contributed by atoms with van der Waals surface area (Å²) in [5.41, 5.74) is 3.73. The zero-order chi connectivity index (χ0) is 21.3. The second kappa shape index (κ2) is 12.5. The van der Waals surface area contributed by atoms with Crippen molar-refractivity contribution in [3.63, 3.8) is 0 Å². The molecule has 1 aliphatic heterocycles. The van der Waals surface area contributed by atoms with E-state index in [-0.39, 0.29) is 24.0 Å². The highest BCUT2D eigenvalue weighted by atomic mass is 127. The molecule has 9 heteroatoms. The lowest BCUT2D eigenvalue weighted by Crippen LogP contribution is -2.37. The van der Waals surface area contributed by atoms with Crippen LogP contribution in [0.4, 0.5) is 0 Å². The summed E-state index contributed by atoms with van der Waals surface area (Å²) in [6.07, 6.45) is 5.43. The molecule has 3 aromatic rings. The maximum Gasteiger partial charge on any atom is 0.191 e. The second-order valence-corrected chi connectivity index (χ2v) is 7.41. The summed E-state index contributed by atoms with van der Waals surface area (Å²) in [6, 6.07) is 14.5. The Labute approximate surface area is 206 Å². The minimum absolute atomic E-state index is 0. The van der Waals surface area contributed by atoms with Gasteiger partial charge in [0.05, 0.1) is 13.2 Å². The number of benzene rings is 1. The third kappa shape index (κ3) is 6.75. The van der Waals surface area contributed by atoms with E-state index in [0.29, 0.717) is 6.54 Å². The molecule has 1 fully saturated rings. The van der Waals surface area contributed by atoms with Crippen LogP contribution in [0.2, 0.25) is 0 Å². The van der Waals surface area contributed by atoms with E-state index in [9.17, 15) is 0 Å². The van der Waals surface area contributed by atoms with Crippen molar-refractivity contribution in [2.24, 2.45) is 4.99 Å². The van der Waals surface area contributed by atoms with E-state index in [4.69, 9.17) is 4.74 Å². The first-order valence-corrected chi connectivity index (χ1v) is 10.6. The predicted molar refractivity (Wildman–Crippen MR) is 136 cm³/mol. The van der Waals surface area contributed by atoms with Gasteiger partial charge in [-0.1, -0.05) is 24.3 Å². The molecule has 2 N–H and O–H groups in total. The molecule has 2 aromatic heterocycles. The van der Waals surface area contributed by atoms with Gasteiger partial charge < -0.3 is 15.4 Å². The number of nitrogens with zero attached hydrogens (tertiary/aromatic N) is 5. The van der Waals surface area contributed by atoms with E-state index < -0.39 is 0 Å². The number of aromatic nitrogens is 3. The molecule has 0 aliphatic carbocycles. The van der Waals surface area contributed by atoms with Crippen LogP contribution in [0.3, 0.4) is 0 Å². The number of hydrogen-bond acceptors (Lipinski definition) is 5. The summed E-state index contributed by atoms with van der Waals surface area (Å²) >= 11 is 0. The van der Waals surface area contributed by atoms with Crippen molar-refractivity contribution in [2.75, 3.05) is 33.4 Å². The van der Waals surface area contributed by atoms with Crippen molar-refractivity contribution in [2.45, 2.75) is 19.6 Å². The van der Waals surface area contributed by atoms with Crippen LogP contribution in [-0.2, 0) is 24.4 Å². The predicted octanol–water partition coefficient (Wildman–Crippen LogP) is 2.58. The molecule has 0 radical (unpaired) electrons. The Balaban J connectivity index is 0.00000289. The first-order valence-electron chi connectivity index (χ1n) is 10.6. The van der Waals surface area contributed by atoms with Gasteiger partial charge in [0, 0.05) is 58.4 Å². The summed E-state index contributed by atoms with van der Waals surface area (Å²) < 4.78 is 7.22. The Kier molecular flexibility index (Phi) is 9.44. The number of halogens is 1. The van der Waals surface area contributed by atoms with E-state index in [1.807, 2.05) is 24.4 Å². The third-order valence-electron chi connectivity index (χ3n) is 5.29. The third-order valence-corrected chi connectivity index (χ3v) is 5.29. The van der Waals surface area contributed by atoms with Gasteiger partial charge in [0.15, 0.2) is 11.8 Å². The molecule has 0 spiro atoms. The highest BCUT2D eigenvalue weighted by molar-refractivity contribution is 14.0. The molecular weight excluding hydrogens is 517 g/mol. The molecule has 0 unspecified atom stereocenters. The number of nitrogens with one attached hydrogen (secondary N) is 2. The highest BCUT2D eigenvalue weighted by Gasteiger charge is 2.13. The van der Waals surface area contributed by atoms with Gasteiger partial charge >= 0.3 is 0 Å². The van der Waals surface area contributed by atoms with Gasteiger partial charge in [0.2, 0.25) is 0 Å².